The van der Waals surface area contributed by atoms with Gasteiger partial charge < -0.3 is 5.11 Å². The molecule has 6 heteroatoms. The summed E-state index contributed by atoms with van der Waals surface area (Å²) in [5, 5.41) is 9.23. The van der Waals surface area contributed by atoms with Gasteiger partial charge in [0.25, 0.3) is 0 Å². The predicted molar refractivity (Wildman–Crippen MR) is 79.2 cm³/mol. The number of carboxylic acids is 1. The second-order valence-electron chi connectivity index (χ2n) is 5.85. The standard InChI is InChI=1S/C15H19NO4S/c17-15(18)14-3-1-2-11-10-16(7-4-13(11)14)12-5-8-21(19,20)9-6-12/h1-3,12H,4-10H2,(H,17,18). The summed E-state index contributed by atoms with van der Waals surface area (Å²) < 4.78 is 23.0. The number of aromatic carboxylic acids is 1. The van der Waals surface area contributed by atoms with Gasteiger partial charge in [-0.3, -0.25) is 4.90 Å². The zero-order valence-electron chi connectivity index (χ0n) is 11.8. The lowest BCUT2D eigenvalue weighted by molar-refractivity contribution is 0.0694. The second kappa shape index (κ2) is 5.42. The van der Waals surface area contributed by atoms with Crippen LogP contribution in [0.2, 0.25) is 0 Å². The summed E-state index contributed by atoms with van der Waals surface area (Å²) in [6.07, 6.45) is 2.10. The van der Waals surface area contributed by atoms with Gasteiger partial charge in [-0.05, 0) is 36.5 Å². The van der Waals surface area contributed by atoms with Crippen molar-refractivity contribution in [3.05, 3.63) is 34.9 Å². The van der Waals surface area contributed by atoms with Crippen molar-refractivity contribution in [2.75, 3.05) is 18.1 Å². The Morgan fingerprint density at radius 3 is 2.62 bits per heavy atom. The van der Waals surface area contributed by atoms with E-state index in [0.717, 1.165) is 30.6 Å². The van der Waals surface area contributed by atoms with Crippen molar-refractivity contribution in [3.8, 4) is 0 Å². The lowest BCUT2D eigenvalue weighted by Crippen LogP contribution is -2.44. The number of fused-ring (bicyclic) bond motifs is 1. The van der Waals surface area contributed by atoms with Gasteiger partial charge in [0.05, 0.1) is 17.1 Å². The molecule has 5 nitrogen and oxygen atoms in total. The molecule has 2 aliphatic heterocycles. The Bertz CT molecular complexity index is 654. The molecule has 114 valence electrons. The summed E-state index contributed by atoms with van der Waals surface area (Å²) >= 11 is 0. The van der Waals surface area contributed by atoms with Gasteiger partial charge in [0.1, 0.15) is 9.84 Å². The van der Waals surface area contributed by atoms with Crippen LogP contribution in [-0.2, 0) is 22.8 Å². The predicted octanol–water partition coefficient (Wildman–Crippen LogP) is 1.32. The Morgan fingerprint density at radius 2 is 1.95 bits per heavy atom. The highest BCUT2D eigenvalue weighted by Gasteiger charge is 2.30. The maximum absolute atomic E-state index is 11.5. The van der Waals surface area contributed by atoms with E-state index >= 15 is 0 Å². The van der Waals surface area contributed by atoms with Crippen LogP contribution in [0.15, 0.2) is 18.2 Å². The second-order valence-corrected chi connectivity index (χ2v) is 8.16. The fraction of sp³-hybridized carbons (Fsp3) is 0.533. The minimum atomic E-state index is -2.84. The zero-order valence-corrected chi connectivity index (χ0v) is 12.6. The van der Waals surface area contributed by atoms with Crippen molar-refractivity contribution >= 4 is 15.8 Å². The Labute approximate surface area is 124 Å². The number of carbonyl (C=O) groups is 1. The van der Waals surface area contributed by atoms with E-state index in [2.05, 4.69) is 4.90 Å². The molecule has 1 N–H and O–H groups in total. The Kier molecular flexibility index (Phi) is 3.75. The number of rotatable bonds is 2. The van der Waals surface area contributed by atoms with Gasteiger partial charge in [0.15, 0.2) is 0 Å². The SMILES string of the molecule is O=C(O)c1cccc2c1CCN(C1CCS(=O)(=O)CC1)C2. The monoisotopic (exact) mass is 309 g/mol. The highest BCUT2D eigenvalue weighted by molar-refractivity contribution is 7.91. The summed E-state index contributed by atoms with van der Waals surface area (Å²) in [4.78, 5) is 13.6. The maximum atomic E-state index is 11.5. The molecule has 2 heterocycles. The molecule has 1 aromatic rings. The van der Waals surface area contributed by atoms with Crippen LogP contribution in [0, 0.1) is 0 Å². The summed E-state index contributed by atoms with van der Waals surface area (Å²) in [5.41, 5.74) is 2.40. The normalized spacial score (nSPS) is 22.7. The zero-order chi connectivity index (χ0) is 15.0. The van der Waals surface area contributed by atoms with E-state index in [1.54, 1.807) is 12.1 Å². The van der Waals surface area contributed by atoms with E-state index in [-0.39, 0.29) is 11.5 Å². The van der Waals surface area contributed by atoms with Gasteiger partial charge in [0, 0.05) is 19.1 Å². The highest BCUT2D eigenvalue weighted by Crippen LogP contribution is 2.27. The smallest absolute Gasteiger partial charge is 0.335 e. The first kappa shape index (κ1) is 14.5. The van der Waals surface area contributed by atoms with Crippen LogP contribution in [0.4, 0.5) is 0 Å². The van der Waals surface area contributed by atoms with Crippen LogP contribution in [0.5, 0.6) is 0 Å². The lowest BCUT2D eigenvalue weighted by Gasteiger charge is -2.37. The molecule has 0 radical (unpaired) electrons. The minimum Gasteiger partial charge on any atom is -0.478 e. The van der Waals surface area contributed by atoms with Crippen molar-refractivity contribution in [3.63, 3.8) is 0 Å². The van der Waals surface area contributed by atoms with Crippen LogP contribution in [0.3, 0.4) is 0 Å². The van der Waals surface area contributed by atoms with Crippen molar-refractivity contribution < 1.29 is 18.3 Å². The Morgan fingerprint density at radius 1 is 1.24 bits per heavy atom. The molecule has 2 aliphatic rings. The van der Waals surface area contributed by atoms with E-state index in [0.29, 0.717) is 24.4 Å². The van der Waals surface area contributed by atoms with E-state index in [9.17, 15) is 18.3 Å². The van der Waals surface area contributed by atoms with Crippen LogP contribution < -0.4 is 0 Å². The van der Waals surface area contributed by atoms with E-state index in [4.69, 9.17) is 0 Å². The van der Waals surface area contributed by atoms with E-state index in [1.165, 1.54) is 0 Å². The van der Waals surface area contributed by atoms with Crippen LogP contribution in [0.25, 0.3) is 0 Å². The average Bonchev–Trinajstić information content (AvgIpc) is 2.46. The number of hydrogen-bond donors (Lipinski definition) is 1. The fourth-order valence-electron chi connectivity index (χ4n) is 3.39. The number of carboxylic acid groups (broad SMARTS) is 1. The van der Waals surface area contributed by atoms with Crippen molar-refractivity contribution in [2.24, 2.45) is 0 Å². The largest absolute Gasteiger partial charge is 0.478 e. The van der Waals surface area contributed by atoms with Gasteiger partial charge in [-0.2, -0.15) is 0 Å². The average molecular weight is 309 g/mol. The topological polar surface area (TPSA) is 74.7 Å². The van der Waals surface area contributed by atoms with Gasteiger partial charge in [0.2, 0.25) is 0 Å². The fourth-order valence-corrected chi connectivity index (χ4v) is 4.85. The molecule has 1 saturated heterocycles. The maximum Gasteiger partial charge on any atom is 0.335 e. The van der Waals surface area contributed by atoms with Gasteiger partial charge in [-0.25, -0.2) is 13.2 Å². The molecule has 0 atom stereocenters. The molecule has 21 heavy (non-hydrogen) atoms. The molecule has 0 saturated carbocycles. The summed E-state index contributed by atoms with van der Waals surface area (Å²) in [6.45, 7) is 1.53. The first-order valence-electron chi connectivity index (χ1n) is 7.25. The third-order valence-electron chi connectivity index (χ3n) is 4.57. The van der Waals surface area contributed by atoms with Crippen LogP contribution >= 0.6 is 0 Å². The van der Waals surface area contributed by atoms with Crippen LogP contribution in [0.1, 0.15) is 34.3 Å². The van der Waals surface area contributed by atoms with Gasteiger partial charge >= 0.3 is 5.97 Å². The van der Waals surface area contributed by atoms with E-state index in [1.807, 2.05) is 6.07 Å². The molecule has 0 aromatic heterocycles. The molecular formula is C15H19NO4S. The number of sulfone groups is 1. The summed E-state index contributed by atoms with van der Waals surface area (Å²) in [5.74, 6) is -0.323. The lowest BCUT2D eigenvalue weighted by atomic mass is 9.93. The quantitative estimate of drug-likeness (QED) is 0.892. The molecule has 1 aromatic carbocycles. The van der Waals surface area contributed by atoms with E-state index < -0.39 is 15.8 Å². The molecule has 3 rings (SSSR count). The number of hydrogen-bond acceptors (Lipinski definition) is 4. The molecule has 0 aliphatic carbocycles. The minimum absolute atomic E-state index is 0.274. The molecule has 1 fully saturated rings. The molecular weight excluding hydrogens is 290 g/mol. The highest BCUT2D eigenvalue weighted by atomic mass is 32.2. The third kappa shape index (κ3) is 2.96. The van der Waals surface area contributed by atoms with Crippen LogP contribution in [-0.4, -0.2) is 48.5 Å². The number of benzene rings is 1. The number of nitrogens with zero attached hydrogens (tertiary/aromatic N) is 1. The summed E-state index contributed by atoms with van der Waals surface area (Å²) in [6, 6.07) is 5.73. The van der Waals surface area contributed by atoms with Crippen molar-refractivity contribution in [1.29, 1.82) is 0 Å². The van der Waals surface area contributed by atoms with Crippen molar-refractivity contribution in [1.82, 2.24) is 4.90 Å². The Hall–Kier alpha value is -1.40. The molecule has 0 bridgehead atoms. The first-order valence-corrected chi connectivity index (χ1v) is 9.07. The molecule has 0 amide bonds. The first-order chi connectivity index (χ1) is 9.96. The third-order valence-corrected chi connectivity index (χ3v) is 6.28. The van der Waals surface area contributed by atoms with Crippen molar-refractivity contribution in [2.45, 2.75) is 31.8 Å². The van der Waals surface area contributed by atoms with Gasteiger partial charge in [-0.1, -0.05) is 12.1 Å². The van der Waals surface area contributed by atoms with Gasteiger partial charge in [-0.15, -0.1) is 0 Å². The molecule has 0 spiro atoms. The summed E-state index contributed by atoms with van der Waals surface area (Å²) in [7, 11) is -2.84. The molecule has 0 unspecified atom stereocenters. The Balaban J connectivity index is 1.76.